The maximum atomic E-state index is 12.3. The van der Waals surface area contributed by atoms with Crippen LogP contribution >= 0.6 is 12.2 Å². The lowest BCUT2D eigenvalue weighted by Crippen LogP contribution is -2.49. The van der Waals surface area contributed by atoms with Gasteiger partial charge in [0, 0.05) is 25.0 Å². The zero-order valence-electron chi connectivity index (χ0n) is 12.3. The second kappa shape index (κ2) is 7.80. The van der Waals surface area contributed by atoms with Crippen LogP contribution in [0.2, 0.25) is 0 Å². The monoisotopic (exact) mass is 285 g/mol. The second-order valence-corrected chi connectivity index (χ2v) is 5.91. The van der Waals surface area contributed by atoms with Crippen molar-refractivity contribution in [2.45, 2.75) is 71.0 Å². The molecule has 0 aliphatic heterocycles. The molecule has 3 N–H and O–H groups in total. The molecule has 110 valence electrons. The van der Waals surface area contributed by atoms with Gasteiger partial charge in [0.1, 0.15) is 0 Å². The number of rotatable bonds is 9. The molecule has 4 nitrogen and oxygen atoms in total. The first-order chi connectivity index (χ1) is 8.99. The molecular weight excluding hydrogens is 258 g/mol. The van der Waals surface area contributed by atoms with Gasteiger partial charge in [-0.05, 0) is 32.6 Å². The fourth-order valence-electron chi connectivity index (χ4n) is 2.30. The standard InChI is InChI=1S/C14H27N3OS/c1-4-11(5-2)16-14(18)10(3)17(12-6-7-12)9-8-13(15)19/h10-12H,4-9H2,1-3H3,(H2,15,19)(H,16,18). The number of hydrogen-bond donors (Lipinski definition) is 2. The highest BCUT2D eigenvalue weighted by Gasteiger charge is 2.34. The van der Waals surface area contributed by atoms with Gasteiger partial charge in [0.05, 0.1) is 11.0 Å². The number of thiocarbonyl (C=S) groups is 1. The number of carbonyl (C=O) groups excluding carboxylic acids is 1. The molecule has 1 saturated carbocycles. The first-order valence-corrected chi connectivity index (χ1v) is 7.74. The molecule has 1 rings (SSSR count). The van der Waals surface area contributed by atoms with Gasteiger partial charge in [-0.2, -0.15) is 0 Å². The SMILES string of the molecule is CCC(CC)NC(=O)C(C)N(CCC(N)=S)C1CC1. The van der Waals surface area contributed by atoms with Gasteiger partial charge in [-0.15, -0.1) is 0 Å². The van der Waals surface area contributed by atoms with E-state index in [0.717, 1.165) is 19.4 Å². The van der Waals surface area contributed by atoms with Crippen LogP contribution < -0.4 is 11.1 Å². The molecule has 0 heterocycles. The summed E-state index contributed by atoms with van der Waals surface area (Å²) < 4.78 is 0. The Morgan fingerprint density at radius 1 is 1.42 bits per heavy atom. The molecule has 1 aliphatic carbocycles. The second-order valence-electron chi connectivity index (χ2n) is 5.38. The van der Waals surface area contributed by atoms with Gasteiger partial charge in [0.25, 0.3) is 0 Å². The lowest BCUT2D eigenvalue weighted by Gasteiger charge is -2.29. The molecule has 0 saturated heterocycles. The smallest absolute Gasteiger partial charge is 0.237 e. The summed E-state index contributed by atoms with van der Waals surface area (Å²) in [6.45, 7) is 6.97. The fraction of sp³-hybridized carbons (Fsp3) is 0.857. The molecule has 0 radical (unpaired) electrons. The Balaban J connectivity index is 2.52. The van der Waals surface area contributed by atoms with E-state index in [4.69, 9.17) is 18.0 Å². The summed E-state index contributed by atoms with van der Waals surface area (Å²) in [5, 5.41) is 3.12. The maximum absolute atomic E-state index is 12.3. The van der Waals surface area contributed by atoms with Crippen molar-refractivity contribution in [1.29, 1.82) is 0 Å². The summed E-state index contributed by atoms with van der Waals surface area (Å²) in [6, 6.07) is 0.728. The van der Waals surface area contributed by atoms with Crippen LogP contribution in [0.25, 0.3) is 0 Å². The Morgan fingerprint density at radius 3 is 2.42 bits per heavy atom. The molecule has 0 bridgehead atoms. The van der Waals surface area contributed by atoms with Gasteiger partial charge < -0.3 is 11.1 Å². The summed E-state index contributed by atoms with van der Waals surface area (Å²) in [4.78, 5) is 15.0. The lowest BCUT2D eigenvalue weighted by atomic mass is 10.1. The lowest BCUT2D eigenvalue weighted by molar-refractivity contribution is -0.126. The first-order valence-electron chi connectivity index (χ1n) is 7.34. The van der Waals surface area contributed by atoms with Crippen LogP contribution in [0.15, 0.2) is 0 Å². The molecule has 1 amide bonds. The van der Waals surface area contributed by atoms with Gasteiger partial charge in [-0.1, -0.05) is 26.1 Å². The third-order valence-corrected chi connectivity index (χ3v) is 4.05. The molecular formula is C14H27N3OS. The Morgan fingerprint density at radius 2 is 2.00 bits per heavy atom. The summed E-state index contributed by atoms with van der Waals surface area (Å²) in [5.41, 5.74) is 5.57. The molecule has 1 fully saturated rings. The van der Waals surface area contributed by atoms with E-state index < -0.39 is 0 Å². The van der Waals surface area contributed by atoms with E-state index in [9.17, 15) is 4.79 Å². The van der Waals surface area contributed by atoms with E-state index in [0.29, 0.717) is 17.5 Å². The minimum Gasteiger partial charge on any atom is -0.393 e. The topological polar surface area (TPSA) is 58.4 Å². The molecule has 0 aromatic heterocycles. The van der Waals surface area contributed by atoms with Gasteiger partial charge in [0.15, 0.2) is 0 Å². The van der Waals surface area contributed by atoms with E-state index in [2.05, 4.69) is 24.1 Å². The Bertz CT molecular complexity index is 314. The molecule has 0 spiro atoms. The van der Waals surface area contributed by atoms with E-state index in [1.807, 2.05) is 6.92 Å². The normalized spacial score (nSPS) is 16.7. The van der Waals surface area contributed by atoms with Crippen molar-refractivity contribution in [3.05, 3.63) is 0 Å². The van der Waals surface area contributed by atoms with Crippen LogP contribution in [0.5, 0.6) is 0 Å². The van der Waals surface area contributed by atoms with Crippen molar-refractivity contribution in [2.24, 2.45) is 5.73 Å². The van der Waals surface area contributed by atoms with Crippen LogP contribution in [-0.4, -0.2) is 40.5 Å². The Kier molecular flexibility index (Phi) is 6.72. The number of amides is 1. The number of nitrogens with one attached hydrogen (secondary N) is 1. The van der Waals surface area contributed by atoms with Crippen molar-refractivity contribution in [3.8, 4) is 0 Å². The van der Waals surface area contributed by atoms with Crippen molar-refractivity contribution in [2.75, 3.05) is 6.54 Å². The Labute approximate surface area is 122 Å². The van der Waals surface area contributed by atoms with Crippen molar-refractivity contribution in [3.63, 3.8) is 0 Å². The van der Waals surface area contributed by atoms with Gasteiger partial charge in [0.2, 0.25) is 5.91 Å². The average Bonchev–Trinajstić information content (AvgIpc) is 3.19. The predicted molar refractivity (Wildman–Crippen MR) is 83.1 cm³/mol. The van der Waals surface area contributed by atoms with Crippen LogP contribution in [0, 0.1) is 0 Å². The third kappa shape index (κ3) is 5.45. The molecule has 0 aromatic carbocycles. The van der Waals surface area contributed by atoms with E-state index in [-0.39, 0.29) is 18.0 Å². The predicted octanol–water partition coefficient (Wildman–Crippen LogP) is 1.82. The molecule has 1 atom stereocenters. The average molecular weight is 285 g/mol. The van der Waals surface area contributed by atoms with Crippen molar-refractivity contribution < 1.29 is 4.79 Å². The van der Waals surface area contributed by atoms with Crippen molar-refractivity contribution >= 4 is 23.1 Å². The number of hydrogen-bond acceptors (Lipinski definition) is 3. The molecule has 19 heavy (non-hydrogen) atoms. The number of nitrogens with zero attached hydrogens (tertiary/aromatic N) is 1. The quantitative estimate of drug-likeness (QED) is 0.635. The summed E-state index contributed by atoms with van der Waals surface area (Å²) >= 11 is 4.93. The molecule has 5 heteroatoms. The van der Waals surface area contributed by atoms with Crippen LogP contribution in [0.1, 0.15) is 52.9 Å². The molecule has 1 aliphatic rings. The first kappa shape index (κ1) is 16.4. The minimum absolute atomic E-state index is 0.0950. The van der Waals surface area contributed by atoms with Crippen LogP contribution in [-0.2, 0) is 4.79 Å². The highest BCUT2D eigenvalue weighted by molar-refractivity contribution is 7.80. The van der Waals surface area contributed by atoms with Crippen LogP contribution in [0.4, 0.5) is 0 Å². The van der Waals surface area contributed by atoms with Gasteiger partial charge in [-0.25, -0.2) is 0 Å². The maximum Gasteiger partial charge on any atom is 0.237 e. The molecule has 0 aromatic rings. The van der Waals surface area contributed by atoms with E-state index in [1.165, 1.54) is 12.8 Å². The zero-order valence-corrected chi connectivity index (χ0v) is 13.1. The summed E-state index contributed by atoms with van der Waals surface area (Å²) in [7, 11) is 0. The third-order valence-electron chi connectivity index (χ3n) is 3.84. The van der Waals surface area contributed by atoms with Gasteiger partial charge >= 0.3 is 0 Å². The minimum atomic E-state index is -0.0950. The Hall–Kier alpha value is -0.680. The highest BCUT2D eigenvalue weighted by Crippen LogP contribution is 2.28. The van der Waals surface area contributed by atoms with E-state index >= 15 is 0 Å². The fourth-order valence-corrected chi connectivity index (χ4v) is 2.39. The van der Waals surface area contributed by atoms with E-state index in [1.54, 1.807) is 0 Å². The number of carbonyl (C=O) groups is 1. The zero-order chi connectivity index (χ0) is 14.4. The largest absolute Gasteiger partial charge is 0.393 e. The molecule has 1 unspecified atom stereocenters. The van der Waals surface area contributed by atoms with Crippen molar-refractivity contribution in [1.82, 2.24) is 10.2 Å². The summed E-state index contributed by atoms with van der Waals surface area (Å²) in [6.07, 6.45) is 5.00. The highest BCUT2D eigenvalue weighted by atomic mass is 32.1. The number of nitrogens with two attached hydrogens (primary N) is 1. The summed E-state index contributed by atoms with van der Waals surface area (Å²) in [5.74, 6) is 0.128. The van der Waals surface area contributed by atoms with Crippen LogP contribution in [0.3, 0.4) is 0 Å². The van der Waals surface area contributed by atoms with Gasteiger partial charge in [-0.3, -0.25) is 9.69 Å².